The van der Waals surface area contributed by atoms with Gasteiger partial charge in [0, 0.05) is 13.2 Å². The Morgan fingerprint density at radius 2 is 2.00 bits per heavy atom. The molecule has 0 aromatic carbocycles. The predicted molar refractivity (Wildman–Crippen MR) is 109 cm³/mol. The van der Waals surface area contributed by atoms with Crippen molar-refractivity contribution in [2.24, 2.45) is 5.92 Å². The third-order valence-electron chi connectivity index (χ3n) is 5.48. The fourth-order valence-electron chi connectivity index (χ4n) is 2.79. The van der Waals surface area contributed by atoms with Gasteiger partial charge in [-0.1, -0.05) is 51.5 Å². The summed E-state index contributed by atoms with van der Waals surface area (Å²) in [5.41, 5.74) is 1.29. The number of aliphatic hydroxyl groups is 1. The zero-order valence-electron chi connectivity index (χ0n) is 17.5. The molecular weight excluding hydrogens is 328 g/mol. The first kappa shape index (κ1) is 22.6. The highest BCUT2D eigenvalue weighted by atomic mass is 28.4. The van der Waals surface area contributed by atoms with E-state index in [0.29, 0.717) is 5.92 Å². The van der Waals surface area contributed by atoms with Gasteiger partial charge >= 0.3 is 0 Å². The molecule has 1 heterocycles. The first-order chi connectivity index (χ1) is 11.6. The van der Waals surface area contributed by atoms with Crippen LogP contribution in [0.5, 0.6) is 0 Å². The van der Waals surface area contributed by atoms with Crippen LogP contribution in [0.15, 0.2) is 23.8 Å². The molecule has 2 unspecified atom stereocenters. The Morgan fingerprint density at radius 3 is 2.52 bits per heavy atom. The molecule has 0 radical (unpaired) electrons. The molecule has 3 atom stereocenters. The van der Waals surface area contributed by atoms with Crippen LogP contribution in [0.25, 0.3) is 0 Å². The first-order valence-corrected chi connectivity index (χ1v) is 12.7. The van der Waals surface area contributed by atoms with E-state index >= 15 is 0 Å². The summed E-state index contributed by atoms with van der Waals surface area (Å²) in [7, 11) is -1.85. The van der Waals surface area contributed by atoms with E-state index in [4.69, 9.17) is 9.16 Å². The molecule has 1 N–H and O–H groups in total. The Kier molecular flexibility index (Phi) is 9.09. The van der Waals surface area contributed by atoms with Gasteiger partial charge in [0.1, 0.15) is 0 Å². The lowest BCUT2D eigenvalue weighted by Crippen LogP contribution is -2.47. The van der Waals surface area contributed by atoms with Crippen molar-refractivity contribution in [2.75, 3.05) is 13.2 Å². The average molecular weight is 369 g/mol. The van der Waals surface area contributed by atoms with Crippen molar-refractivity contribution < 1.29 is 14.3 Å². The molecule has 0 aliphatic carbocycles. The maximum Gasteiger partial charge on any atom is 0.193 e. The maximum absolute atomic E-state index is 9.19. The second-order valence-electron chi connectivity index (χ2n) is 9.14. The molecule has 0 saturated carbocycles. The van der Waals surface area contributed by atoms with Crippen molar-refractivity contribution in [2.45, 2.75) is 90.6 Å². The van der Waals surface area contributed by atoms with Crippen LogP contribution in [0.1, 0.15) is 60.3 Å². The summed E-state index contributed by atoms with van der Waals surface area (Å²) in [5, 5.41) is 9.38. The van der Waals surface area contributed by atoms with Crippen molar-refractivity contribution in [1.82, 2.24) is 0 Å². The van der Waals surface area contributed by atoms with Crippen molar-refractivity contribution in [3.05, 3.63) is 23.8 Å². The lowest BCUT2D eigenvalue weighted by Gasteiger charge is -2.41. The standard InChI is InChI=1S/C21H40O3Si/c1-17(15-18(2)16-22)11-10-13-20(19-12-8-9-14-23-19)24-25(6,7)21(3,4)5/h10-11,13,18-20,22H,8-9,12,14-16H2,1-7H3/b13-10+,17-11+/t18-,19?,20?/m1/s1. The molecule has 1 aliphatic rings. The van der Waals surface area contributed by atoms with Gasteiger partial charge in [-0.25, -0.2) is 0 Å². The second-order valence-corrected chi connectivity index (χ2v) is 13.9. The van der Waals surface area contributed by atoms with Crippen LogP contribution < -0.4 is 0 Å². The smallest absolute Gasteiger partial charge is 0.193 e. The Balaban J connectivity index is 2.84. The summed E-state index contributed by atoms with van der Waals surface area (Å²) >= 11 is 0. The highest BCUT2D eigenvalue weighted by molar-refractivity contribution is 6.74. The molecule has 0 amide bonds. The van der Waals surface area contributed by atoms with Gasteiger partial charge in [0.05, 0.1) is 12.2 Å². The summed E-state index contributed by atoms with van der Waals surface area (Å²) in [6, 6.07) is 0. The van der Waals surface area contributed by atoms with Crippen molar-refractivity contribution in [3.8, 4) is 0 Å². The zero-order chi connectivity index (χ0) is 19.1. The largest absolute Gasteiger partial charge is 0.408 e. The van der Waals surface area contributed by atoms with E-state index in [2.05, 4.69) is 65.9 Å². The van der Waals surface area contributed by atoms with Gasteiger partial charge in [0.2, 0.25) is 0 Å². The lowest BCUT2D eigenvalue weighted by molar-refractivity contribution is -0.0396. The predicted octanol–water partition coefficient (Wildman–Crippen LogP) is 5.47. The molecule has 0 aromatic heterocycles. The quantitative estimate of drug-likeness (QED) is 0.456. The third kappa shape index (κ3) is 7.77. The van der Waals surface area contributed by atoms with Gasteiger partial charge in [0.15, 0.2) is 8.32 Å². The minimum absolute atomic E-state index is 0.0282. The molecular formula is C21H40O3Si. The van der Waals surface area contributed by atoms with Gasteiger partial charge in [-0.2, -0.15) is 0 Å². The number of rotatable bonds is 8. The molecule has 4 heteroatoms. The van der Waals surface area contributed by atoms with Gasteiger partial charge in [0.25, 0.3) is 0 Å². The molecule has 1 saturated heterocycles. The van der Waals surface area contributed by atoms with Crippen LogP contribution in [-0.4, -0.2) is 38.8 Å². The molecule has 0 aromatic rings. The van der Waals surface area contributed by atoms with Crippen LogP contribution >= 0.6 is 0 Å². The van der Waals surface area contributed by atoms with Crippen LogP contribution in [0.4, 0.5) is 0 Å². The van der Waals surface area contributed by atoms with Crippen molar-refractivity contribution in [1.29, 1.82) is 0 Å². The van der Waals surface area contributed by atoms with E-state index in [1.807, 2.05) is 0 Å². The van der Waals surface area contributed by atoms with E-state index in [9.17, 15) is 5.11 Å². The van der Waals surface area contributed by atoms with Crippen molar-refractivity contribution >= 4 is 8.32 Å². The number of ether oxygens (including phenoxy) is 1. The second kappa shape index (κ2) is 10.1. The van der Waals surface area contributed by atoms with Crippen molar-refractivity contribution in [3.63, 3.8) is 0 Å². The first-order valence-electron chi connectivity index (χ1n) is 9.81. The molecule has 0 spiro atoms. The Morgan fingerprint density at radius 1 is 1.32 bits per heavy atom. The fourth-order valence-corrected chi connectivity index (χ4v) is 4.06. The monoisotopic (exact) mass is 368 g/mol. The molecule has 25 heavy (non-hydrogen) atoms. The Hall–Kier alpha value is -0.423. The number of aliphatic hydroxyl groups excluding tert-OH is 1. The lowest BCUT2D eigenvalue weighted by atomic mass is 10.0. The molecule has 1 rings (SSSR count). The average Bonchev–Trinajstić information content (AvgIpc) is 2.53. The molecule has 1 fully saturated rings. The summed E-state index contributed by atoms with van der Waals surface area (Å²) in [6.07, 6.45) is 11.0. The van der Waals surface area contributed by atoms with Crippen LogP contribution in [-0.2, 0) is 9.16 Å². The summed E-state index contributed by atoms with van der Waals surface area (Å²) in [5.74, 6) is 0.311. The zero-order valence-corrected chi connectivity index (χ0v) is 18.5. The van der Waals surface area contributed by atoms with E-state index in [-0.39, 0.29) is 23.9 Å². The van der Waals surface area contributed by atoms with E-state index in [0.717, 1.165) is 25.9 Å². The van der Waals surface area contributed by atoms with E-state index in [1.54, 1.807) is 0 Å². The van der Waals surface area contributed by atoms with Gasteiger partial charge in [-0.05, 0) is 56.7 Å². The van der Waals surface area contributed by atoms with E-state index < -0.39 is 8.32 Å². The normalized spacial score (nSPS) is 23.0. The SMILES string of the molecule is C/C(=C\C=C\C(O[Si](C)(C)C(C)(C)C)C1CCCCO1)C[C@@H](C)CO. The van der Waals surface area contributed by atoms with Gasteiger partial charge in [-0.15, -0.1) is 0 Å². The van der Waals surface area contributed by atoms with Crippen LogP contribution in [0.3, 0.4) is 0 Å². The number of hydrogen-bond donors (Lipinski definition) is 1. The topological polar surface area (TPSA) is 38.7 Å². The van der Waals surface area contributed by atoms with E-state index in [1.165, 1.54) is 12.0 Å². The highest BCUT2D eigenvalue weighted by Gasteiger charge is 2.40. The molecule has 0 bridgehead atoms. The summed E-state index contributed by atoms with van der Waals surface area (Å²) in [6.45, 7) is 16.7. The molecule has 1 aliphatic heterocycles. The highest BCUT2D eigenvalue weighted by Crippen LogP contribution is 2.38. The van der Waals surface area contributed by atoms with Gasteiger partial charge < -0.3 is 14.3 Å². The minimum atomic E-state index is -1.85. The summed E-state index contributed by atoms with van der Waals surface area (Å²) < 4.78 is 12.7. The Bertz CT molecular complexity index is 443. The van der Waals surface area contributed by atoms with Crippen LogP contribution in [0, 0.1) is 5.92 Å². The fraction of sp³-hybridized carbons (Fsp3) is 0.810. The third-order valence-corrected chi connectivity index (χ3v) is 9.96. The number of hydrogen-bond acceptors (Lipinski definition) is 3. The molecule has 146 valence electrons. The number of allylic oxidation sites excluding steroid dienone is 3. The van der Waals surface area contributed by atoms with Crippen LogP contribution in [0.2, 0.25) is 18.1 Å². The minimum Gasteiger partial charge on any atom is -0.408 e. The summed E-state index contributed by atoms with van der Waals surface area (Å²) in [4.78, 5) is 0. The molecule has 3 nitrogen and oxygen atoms in total. The maximum atomic E-state index is 9.19. The Labute approximate surface area is 156 Å². The van der Waals surface area contributed by atoms with Gasteiger partial charge in [-0.3, -0.25) is 0 Å².